The molecule has 6 heteroatoms. The van der Waals surface area contributed by atoms with E-state index in [0.717, 1.165) is 6.08 Å². The van der Waals surface area contributed by atoms with E-state index in [9.17, 15) is 14.7 Å². The zero-order valence-electron chi connectivity index (χ0n) is 10.0. The van der Waals surface area contributed by atoms with E-state index in [1.54, 1.807) is 0 Å². The van der Waals surface area contributed by atoms with E-state index in [4.69, 9.17) is 16.3 Å². The highest BCUT2D eigenvalue weighted by Gasteiger charge is 2.32. The number of hydrogen-bond acceptors (Lipinski definition) is 5. The van der Waals surface area contributed by atoms with Gasteiger partial charge in [0.25, 0.3) is 0 Å². The number of rotatable bonds is 5. The Balaban J connectivity index is 2.21. The summed E-state index contributed by atoms with van der Waals surface area (Å²) in [5.41, 5.74) is 0. The molecule has 1 aliphatic carbocycles. The van der Waals surface area contributed by atoms with Gasteiger partial charge in [-0.1, -0.05) is 6.58 Å². The Kier molecular flexibility index (Phi) is 6.15. The molecule has 0 radical (unpaired) electrons. The maximum absolute atomic E-state index is 11.6. The van der Waals surface area contributed by atoms with Crippen molar-refractivity contribution >= 4 is 23.5 Å². The third-order valence-electron chi connectivity index (χ3n) is 2.81. The minimum Gasteiger partial charge on any atom is -0.462 e. The van der Waals surface area contributed by atoms with E-state index in [-0.39, 0.29) is 25.1 Å². The van der Waals surface area contributed by atoms with E-state index >= 15 is 0 Å². The molecule has 3 unspecified atom stereocenters. The van der Waals surface area contributed by atoms with Crippen molar-refractivity contribution in [1.82, 2.24) is 0 Å². The number of halogens is 1. The number of carbonyl (C=O) groups is 2. The standard InChI is InChI=1S/C12H17ClO5/c1-2-11(15)17-5-6-18-12(16)8-3-4-10(14)9(13)7-8/h2,8-10,14H,1,3-7H2. The summed E-state index contributed by atoms with van der Waals surface area (Å²) in [7, 11) is 0. The molecule has 1 rings (SSSR count). The molecule has 1 aliphatic rings. The summed E-state index contributed by atoms with van der Waals surface area (Å²) in [5.74, 6) is -1.19. The first-order chi connectivity index (χ1) is 8.54. The number of aliphatic hydroxyl groups is 1. The van der Waals surface area contributed by atoms with Gasteiger partial charge in [0, 0.05) is 6.08 Å². The molecule has 0 amide bonds. The van der Waals surface area contributed by atoms with Crippen molar-refractivity contribution in [2.75, 3.05) is 13.2 Å². The van der Waals surface area contributed by atoms with Crippen molar-refractivity contribution in [1.29, 1.82) is 0 Å². The van der Waals surface area contributed by atoms with Gasteiger partial charge in [-0.25, -0.2) is 4.79 Å². The van der Waals surface area contributed by atoms with Crippen molar-refractivity contribution < 1.29 is 24.2 Å². The topological polar surface area (TPSA) is 72.8 Å². The average Bonchev–Trinajstić information content (AvgIpc) is 2.37. The molecule has 5 nitrogen and oxygen atoms in total. The second-order valence-corrected chi connectivity index (χ2v) is 4.69. The molecule has 1 fully saturated rings. The zero-order valence-corrected chi connectivity index (χ0v) is 10.8. The predicted molar refractivity (Wildman–Crippen MR) is 65.1 cm³/mol. The smallest absolute Gasteiger partial charge is 0.330 e. The van der Waals surface area contributed by atoms with Gasteiger partial charge < -0.3 is 14.6 Å². The van der Waals surface area contributed by atoms with E-state index in [2.05, 4.69) is 11.3 Å². The number of esters is 2. The fourth-order valence-electron chi connectivity index (χ4n) is 1.77. The molecule has 102 valence electrons. The van der Waals surface area contributed by atoms with Gasteiger partial charge in [0.2, 0.25) is 0 Å². The molecule has 0 heterocycles. The van der Waals surface area contributed by atoms with Crippen LogP contribution in [0.2, 0.25) is 0 Å². The van der Waals surface area contributed by atoms with E-state index in [1.165, 1.54) is 0 Å². The van der Waals surface area contributed by atoms with Gasteiger partial charge in [-0.05, 0) is 19.3 Å². The van der Waals surface area contributed by atoms with E-state index < -0.39 is 17.5 Å². The van der Waals surface area contributed by atoms with Crippen LogP contribution in [-0.2, 0) is 19.1 Å². The molecule has 0 spiro atoms. The molecule has 0 aliphatic heterocycles. The van der Waals surface area contributed by atoms with Gasteiger partial charge in [0.1, 0.15) is 13.2 Å². The van der Waals surface area contributed by atoms with Gasteiger partial charge in [-0.15, -0.1) is 11.6 Å². The lowest BCUT2D eigenvalue weighted by Gasteiger charge is -2.28. The summed E-state index contributed by atoms with van der Waals surface area (Å²) in [4.78, 5) is 22.4. The lowest BCUT2D eigenvalue weighted by Crippen LogP contribution is -2.34. The lowest BCUT2D eigenvalue weighted by molar-refractivity contribution is -0.154. The largest absolute Gasteiger partial charge is 0.462 e. The van der Waals surface area contributed by atoms with Crippen molar-refractivity contribution in [2.24, 2.45) is 5.92 Å². The molecule has 0 bridgehead atoms. The second kappa shape index (κ2) is 7.38. The van der Waals surface area contributed by atoms with Gasteiger partial charge in [0.15, 0.2) is 0 Å². The van der Waals surface area contributed by atoms with Crippen LogP contribution in [0.3, 0.4) is 0 Å². The van der Waals surface area contributed by atoms with Crippen LogP contribution in [0.5, 0.6) is 0 Å². The van der Waals surface area contributed by atoms with Crippen LogP contribution in [-0.4, -0.2) is 41.7 Å². The Morgan fingerprint density at radius 3 is 2.61 bits per heavy atom. The van der Waals surface area contributed by atoms with Crippen LogP contribution in [0, 0.1) is 5.92 Å². The molecule has 0 aromatic heterocycles. The van der Waals surface area contributed by atoms with E-state index in [0.29, 0.717) is 19.3 Å². The minimum atomic E-state index is -0.552. The highest BCUT2D eigenvalue weighted by molar-refractivity contribution is 6.21. The number of carbonyl (C=O) groups excluding carboxylic acids is 2. The monoisotopic (exact) mass is 276 g/mol. The highest BCUT2D eigenvalue weighted by atomic mass is 35.5. The third kappa shape index (κ3) is 4.66. The molecule has 0 aromatic rings. The van der Waals surface area contributed by atoms with Gasteiger partial charge in [-0.3, -0.25) is 4.79 Å². The van der Waals surface area contributed by atoms with Crippen molar-refractivity contribution in [2.45, 2.75) is 30.7 Å². The normalized spacial score (nSPS) is 27.3. The van der Waals surface area contributed by atoms with Crippen LogP contribution in [0.1, 0.15) is 19.3 Å². The van der Waals surface area contributed by atoms with Crippen LogP contribution >= 0.6 is 11.6 Å². The Hall–Kier alpha value is -1.07. The fourth-order valence-corrected chi connectivity index (χ4v) is 2.12. The van der Waals surface area contributed by atoms with Crippen molar-refractivity contribution in [3.63, 3.8) is 0 Å². The van der Waals surface area contributed by atoms with Gasteiger partial charge in [-0.2, -0.15) is 0 Å². The molecular weight excluding hydrogens is 260 g/mol. The highest BCUT2D eigenvalue weighted by Crippen LogP contribution is 2.29. The molecule has 0 saturated heterocycles. The molecule has 0 aromatic carbocycles. The van der Waals surface area contributed by atoms with Crippen LogP contribution in [0.4, 0.5) is 0 Å². The molecule has 3 atom stereocenters. The van der Waals surface area contributed by atoms with Gasteiger partial charge in [0.05, 0.1) is 17.4 Å². The average molecular weight is 277 g/mol. The van der Waals surface area contributed by atoms with Crippen LogP contribution < -0.4 is 0 Å². The lowest BCUT2D eigenvalue weighted by atomic mass is 9.87. The fraction of sp³-hybridized carbons (Fsp3) is 0.667. The van der Waals surface area contributed by atoms with Crippen LogP contribution in [0.15, 0.2) is 12.7 Å². The number of aliphatic hydroxyl groups excluding tert-OH is 1. The minimum absolute atomic E-state index is 0.0102. The first-order valence-electron chi connectivity index (χ1n) is 5.82. The summed E-state index contributed by atoms with van der Waals surface area (Å²) in [6.45, 7) is 3.27. The van der Waals surface area contributed by atoms with E-state index in [1.807, 2.05) is 0 Å². The molecule has 1 N–H and O–H groups in total. The Morgan fingerprint density at radius 1 is 1.33 bits per heavy atom. The maximum Gasteiger partial charge on any atom is 0.330 e. The SMILES string of the molecule is C=CC(=O)OCCOC(=O)C1CCC(O)C(Cl)C1. The van der Waals surface area contributed by atoms with Crippen molar-refractivity contribution in [3.8, 4) is 0 Å². The van der Waals surface area contributed by atoms with Crippen molar-refractivity contribution in [3.05, 3.63) is 12.7 Å². The summed E-state index contributed by atoms with van der Waals surface area (Å²) >= 11 is 5.89. The predicted octanol–water partition coefficient (Wildman–Crippen LogP) is 1.03. The Labute approximate surface area is 111 Å². The zero-order chi connectivity index (χ0) is 13.5. The maximum atomic E-state index is 11.6. The summed E-state index contributed by atoms with van der Waals surface area (Å²) in [6, 6.07) is 0. The Morgan fingerprint density at radius 2 is 2.00 bits per heavy atom. The summed E-state index contributed by atoms with van der Waals surface area (Å²) < 4.78 is 9.64. The molecular formula is C12H17ClO5. The second-order valence-electron chi connectivity index (χ2n) is 4.13. The molecule has 1 saturated carbocycles. The number of alkyl halides is 1. The summed E-state index contributed by atoms with van der Waals surface area (Å²) in [5, 5.41) is 9.02. The molecule has 18 heavy (non-hydrogen) atoms. The number of hydrogen-bond donors (Lipinski definition) is 1. The quantitative estimate of drug-likeness (QED) is 0.351. The first-order valence-corrected chi connectivity index (χ1v) is 6.26. The summed E-state index contributed by atoms with van der Waals surface area (Å²) in [6.07, 6.45) is 1.97. The Bertz CT molecular complexity index is 318. The van der Waals surface area contributed by atoms with Gasteiger partial charge >= 0.3 is 11.9 Å². The van der Waals surface area contributed by atoms with Crippen LogP contribution in [0.25, 0.3) is 0 Å². The third-order valence-corrected chi connectivity index (χ3v) is 3.28. The number of ether oxygens (including phenoxy) is 2. The first kappa shape index (κ1) is 15.0.